The van der Waals surface area contributed by atoms with Crippen LogP contribution in [0.25, 0.3) is 0 Å². The lowest BCUT2D eigenvalue weighted by Gasteiger charge is -2.29. The molecule has 1 aliphatic heterocycles. The molecule has 1 saturated heterocycles. The van der Waals surface area contributed by atoms with Crippen molar-refractivity contribution in [3.8, 4) is 0 Å². The third kappa shape index (κ3) is 3.98. The lowest BCUT2D eigenvalue weighted by Crippen LogP contribution is -2.40. The van der Waals surface area contributed by atoms with Crippen LogP contribution in [-0.4, -0.2) is 35.1 Å². The van der Waals surface area contributed by atoms with Gasteiger partial charge in [0.25, 0.3) is 0 Å². The molecule has 0 spiro atoms. The van der Waals surface area contributed by atoms with E-state index in [1.165, 1.54) is 0 Å². The van der Waals surface area contributed by atoms with Crippen LogP contribution in [0.1, 0.15) is 53.4 Å². The van der Waals surface area contributed by atoms with Crippen molar-refractivity contribution in [2.75, 3.05) is 13.1 Å². The molecule has 3 nitrogen and oxygen atoms in total. The third-order valence-electron chi connectivity index (χ3n) is 4.00. The van der Waals surface area contributed by atoms with Gasteiger partial charge in [-0.2, -0.15) is 0 Å². The minimum absolute atomic E-state index is 0.262. The molecule has 17 heavy (non-hydrogen) atoms. The first-order valence-corrected chi connectivity index (χ1v) is 6.83. The lowest BCUT2D eigenvalue weighted by molar-refractivity contribution is -0.143. The molecular weight excluding hydrogens is 214 g/mol. The van der Waals surface area contributed by atoms with Crippen LogP contribution in [-0.2, 0) is 4.79 Å². The smallest absolute Gasteiger partial charge is 0.320 e. The number of hydrogen-bond acceptors (Lipinski definition) is 2. The minimum atomic E-state index is -0.645. The van der Waals surface area contributed by atoms with Gasteiger partial charge in [-0.25, -0.2) is 0 Å². The van der Waals surface area contributed by atoms with E-state index in [-0.39, 0.29) is 6.04 Å². The van der Waals surface area contributed by atoms with E-state index < -0.39 is 5.97 Å². The van der Waals surface area contributed by atoms with Gasteiger partial charge in [0.05, 0.1) is 0 Å². The first kappa shape index (κ1) is 14.5. The normalized spacial score (nSPS) is 23.9. The molecule has 0 aromatic carbocycles. The number of carboxylic acids is 1. The SMILES string of the molecule is CCCCC(C(=O)O)N1CCC(C(C)(C)C)C1. The quantitative estimate of drug-likeness (QED) is 0.804. The van der Waals surface area contributed by atoms with Gasteiger partial charge in [-0.15, -0.1) is 0 Å². The van der Waals surface area contributed by atoms with Crippen molar-refractivity contribution in [1.82, 2.24) is 4.90 Å². The topological polar surface area (TPSA) is 40.5 Å². The maximum absolute atomic E-state index is 11.3. The van der Waals surface area contributed by atoms with Gasteiger partial charge in [0.1, 0.15) is 6.04 Å². The van der Waals surface area contributed by atoms with E-state index in [2.05, 4.69) is 32.6 Å². The predicted octanol–water partition coefficient (Wildman–Crippen LogP) is 3.00. The van der Waals surface area contributed by atoms with Crippen molar-refractivity contribution in [3.63, 3.8) is 0 Å². The summed E-state index contributed by atoms with van der Waals surface area (Å²) < 4.78 is 0. The van der Waals surface area contributed by atoms with E-state index in [0.717, 1.165) is 38.8 Å². The molecule has 0 bridgehead atoms. The van der Waals surface area contributed by atoms with E-state index in [0.29, 0.717) is 11.3 Å². The fourth-order valence-electron chi connectivity index (χ4n) is 2.64. The molecule has 2 unspecified atom stereocenters. The summed E-state index contributed by atoms with van der Waals surface area (Å²) in [5, 5.41) is 9.31. The molecule has 0 aromatic rings. The Balaban J connectivity index is 2.57. The van der Waals surface area contributed by atoms with Crippen molar-refractivity contribution < 1.29 is 9.90 Å². The second-order valence-electron chi connectivity index (χ2n) is 6.34. The maximum Gasteiger partial charge on any atom is 0.320 e. The van der Waals surface area contributed by atoms with E-state index in [1.807, 2.05) is 0 Å². The Labute approximate surface area is 105 Å². The molecule has 100 valence electrons. The van der Waals surface area contributed by atoms with Crippen LogP contribution in [0.2, 0.25) is 0 Å². The summed E-state index contributed by atoms with van der Waals surface area (Å²) in [6.45, 7) is 10.8. The molecule has 1 heterocycles. The third-order valence-corrected chi connectivity index (χ3v) is 4.00. The van der Waals surface area contributed by atoms with Crippen LogP contribution in [0.5, 0.6) is 0 Å². The standard InChI is InChI=1S/C14H27NO2/c1-5-6-7-12(13(16)17)15-9-8-11(10-15)14(2,3)4/h11-12H,5-10H2,1-4H3,(H,16,17). The molecule has 1 fully saturated rings. The van der Waals surface area contributed by atoms with E-state index in [1.54, 1.807) is 0 Å². The lowest BCUT2D eigenvalue weighted by atomic mass is 9.80. The molecule has 0 amide bonds. The summed E-state index contributed by atoms with van der Waals surface area (Å²) in [7, 11) is 0. The maximum atomic E-state index is 11.3. The number of rotatable bonds is 5. The molecule has 0 radical (unpaired) electrons. The van der Waals surface area contributed by atoms with Crippen LogP contribution in [0.3, 0.4) is 0 Å². The Kier molecular flexibility index (Phi) is 4.99. The first-order valence-electron chi connectivity index (χ1n) is 6.83. The van der Waals surface area contributed by atoms with Gasteiger partial charge in [0, 0.05) is 6.54 Å². The second kappa shape index (κ2) is 5.85. The van der Waals surface area contributed by atoms with Crippen LogP contribution in [0.4, 0.5) is 0 Å². The molecule has 3 heteroatoms. The average molecular weight is 241 g/mol. The molecule has 0 aliphatic carbocycles. The van der Waals surface area contributed by atoms with E-state index in [4.69, 9.17) is 0 Å². The Morgan fingerprint density at radius 2 is 2.12 bits per heavy atom. The number of likely N-dealkylation sites (tertiary alicyclic amines) is 1. The van der Waals surface area contributed by atoms with Crippen LogP contribution >= 0.6 is 0 Å². The fraction of sp³-hybridized carbons (Fsp3) is 0.929. The zero-order chi connectivity index (χ0) is 13.1. The van der Waals surface area contributed by atoms with Gasteiger partial charge < -0.3 is 5.11 Å². The zero-order valence-corrected chi connectivity index (χ0v) is 11.7. The highest BCUT2D eigenvalue weighted by molar-refractivity contribution is 5.73. The monoisotopic (exact) mass is 241 g/mol. The van der Waals surface area contributed by atoms with Crippen molar-refractivity contribution in [2.45, 2.75) is 59.4 Å². The van der Waals surface area contributed by atoms with E-state index >= 15 is 0 Å². The van der Waals surface area contributed by atoms with Crippen molar-refractivity contribution in [1.29, 1.82) is 0 Å². The van der Waals surface area contributed by atoms with Crippen molar-refractivity contribution in [2.24, 2.45) is 11.3 Å². The summed E-state index contributed by atoms with van der Waals surface area (Å²) in [5.41, 5.74) is 0.294. The average Bonchev–Trinajstić information content (AvgIpc) is 2.66. The van der Waals surface area contributed by atoms with Gasteiger partial charge in [-0.05, 0) is 30.7 Å². The Hall–Kier alpha value is -0.570. The molecule has 1 N–H and O–H groups in total. The van der Waals surface area contributed by atoms with Crippen LogP contribution in [0.15, 0.2) is 0 Å². The number of carboxylic acid groups (broad SMARTS) is 1. The summed E-state index contributed by atoms with van der Waals surface area (Å²) in [5.74, 6) is -0.0148. The highest BCUT2D eigenvalue weighted by Gasteiger charge is 2.36. The number of carbonyl (C=O) groups is 1. The largest absolute Gasteiger partial charge is 0.480 e. The van der Waals surface area contributed by atoms with Gasteiger partial charge in [-0.3, -0.25) is 9.69 Å². The summed E-state index contributed by atoms with van der Waals surface area (Å²) >= 11 is 0. The van der Waals surface area contributed by atoms with E-state index in [9.17, 15) is 9.90 Å². The molecule has 1 aliphatic rings. The highest BCUT2D eigenvalue weighted by Crippen LogP contribution is 2.34. The van der Waals surface area contributed by atoms with Crippen LogP contribution < -0.4 is 0 Å². The predicted molar refractivity (Wildman–Crippen MR) is 70.1 cm³/mol. The second-order valence-corrected chi connectivity index (χ2v) is 6.34. The Morgan fingerprint density at radius 1 is 1.47 bits per heavy atom. The number of nitrogens with zero attached hydrogens (tertiary/aromatic N) is 1. The number of hydrogen-bond donors (Lipinski definition) is 1. The minimum Gasteiger partial charge on any atom is -0.480 e. The Bertz CT molecular complexity index is 257. The van der Waals surface area contributed by atoms with Gasteiger partial charge >= 0.3 is 5.97 Å². The molecule has 0 saturated carbocycles. The fourth-order valence-corrected chi connectivity index (χ4v) is 2.64. The first-order chi connectivity index (χ1) is 7.86. The van der Waals surface area contributed by atoms with Gasteiger partial charge in [-0.1, -0.05) is 40.5 Å². The van der Waals surface area contributed by atoms with Gasteiger partial charge in [0.2, 0.25) is 0 Å². The molecule has 1 rings (SSSR count). The zero-order valence-electron chi connectivity index (χ0n) is 11.7. The van der Waals surface area contributed by atoms with Crippen molar-refractivity contribution in [3.05, 3.63) is 0 Å². The molecular formula is C14H27NO2. The van der Waals surface area contributed by atoms with Crippen molar-refractivity contribution >= 4 is 5.97 Å². The van der Waals surface area contributed by atoms with Crippen LogP contribution in [0, 0.1) is 11.3 Å². The number of unbranched alkanes of at least 4 members (excludes halogenated alkanes) is 1. The molecule has 2 atom stereocenters. The molecule has 0 aromatic heterocycles. The highest BCUT2D eigenvalue weighted by atomic mass is 16.4. The summed E-state index contributed by atoms with van der Waals surface area (Å²) in [6.07, 6.45) is 4.01. The van der Waals surface area contributed by atoms with Gasteiger partial charge in [0.15, 0.2) is 0 Å². The summed E-state index contributed by atoms with van der Waals surface area (Å²) in [4.78, 5) is 13.5. The summed E-state index contributed by atoms with van der Waals surface area (Å²) in [6, 6.07) is -0.262. The number of aliphatic carboxylic acids is 1. The Morgan fingerprint density at radius 3 is 2.53 bits per heavy atom.